The van der Waals surface area contributed by atoms with Gasteiger partial charge >= 0.3 is 0 Å². The molecule has 19 heavy (non-hydrogen) atoms. The van der Waals surface area contributed by atoms with E-state index in [4.69, 9.17) is 4.74 Å². The lowest BCUT2D eigenvalue weighted by molar-refractivity contribution is 0.283. The van der Waals surface area contributed by atoms with Crippen LogP contribution in [0.5, 0.6) is 5.75 Å². The molecular weight excluding hydrogens is 236 g/mol. The number of nitrogens with zero attached hydrogens (tertiary/aromatic N) is 1. The van der Waals surface area contributed by atoms with Crippen LogP contribution in [0.2, 0.25) is 0 Å². The number of benzene rings is 1. The van der Waals surface area contributed by atoms with Crippen LogP contribution < -0.4 is 10.1 Å². The van der Waals surface area contributed by atoms with Gasteiger partial charge in [-0.25, -0.2) is 0 Å². The third-order valence-electron chi connectivity index (χ3n) is 3.92. The first-order valence-electron chi connectivity index (χ1n) is 7.21. The molecule has 0 aromatic heterocycles. The third kappa shape index (κ3) is 4.22. The maximum absolute atomic E-state index is 5.28. The SMILES string of the molecule is COc1cccc(C2CC(NCCCN(C)C)C2)c1. The van der Waals surface area contributed by atoms with E-state index in [0.717, 1.165) is 12.3 Å². The fourth-order valence-electron chi connectivity index (χ4n) is 2.65. The third-order valence-corrected chi connectivity index (χ3v) is 3.92. The molecule has 106 valence electrons. The standard InChI is InChI=1S/C16H26N2O/c1-18(2)9-5-8-17-15-10-14(11-15)13-6-4-7-16(12-13)19-3/h4,6-7,12,14-15,17H,5,8-11H2,1-3H3. The van der Waals surface area contributed by atoms with Crippen molar-refractivity contribution in [2.45, 2.75) is 31.2 Å². The van der Waals surface area contributed by atoms with Crippen molar-refractivity contribution in [3.63, 3.8) is 0 Å². The van der Waals surface area contributed by atoms with Crippen molar-refractivity contribution in [1.82, 2.24) is 10.2 Å². The lowest BCUT2D eigenvalue weighted by Crippen LogP contribution is -2.41. The molecule has 1 N–H and O–H groups in total. The lowest BCUT2D eigenvalue weighted by Gasteiger charge is -2.36. The molecule has 0 atom stereocenters. The van der Waals surface area contributed by atoms with Crippen molar-refractivity contribution >= 4 is 0 Å². The van der Waals surface area contributed by atoms with Gasteiger partial charge in [-0.3, -0.25) is 0 Å². The average molecular weight is 262 g/mol. The number of hydrogen-bond acceptors (Lipinski definition) is 3. The molecule has 0 bridgehead atoms. The van der Waals surface area contributed by atoms with Crippen LogP contribution in [0.25, 0.3) is 0 Å². The first kappa shape index (κ1) is 14.4. The van der Waals surface area contributed by atoms with E-state index in [1.165, 1.54) is 31.4 Å². The Balaban J connectivity index is 1.68. The van der Waals surface area contributed by atoms with Crippen molar-refractivity contribution in [2.75, 3.05) is 34.3 Å². The molecule has 3 nitrogen and oxygen atoms in total. The normalized spacial score (nSPS) is 22.3. The molecule has 0 radical (unpaired) electrons. The molecule has 2 rings (SSSR count). The van der Waals surface area contributed by atoms with Crippen molar-refractivity contribution in [2.24, 2.45) is 0 Å². The second kappa shape index (κ2) is 6.92. The van der Waals surface area contributed by atoms with Gasteiger partial charge in [-0.1, -0.05) is 12.1 Å². The Morgan fingerprint density at radius 3 is 2.79 bits per heavy atom. The van der Waals surface area contributed by atoms with E-state index >= 15 is 0 Å². The highest BCUT2D eigenvalue weighted by atomic mass is 16.5. The van der Waals surface area contributed by atoms with Crippen LogP contribution in [0.3, 0.4) is 0 Å². The van der Waals surface area contributed by atoms with Crippen LogP contribution in [0.4, 0.5) is 0 Å². The van der Waals surface area contributed by atoms with Crippen molar-refractivity contribution in [3.8, 4) is 5.75 Å². The van der Waals surface area contributed by atoms with E-state index < -0.39 is 0 Å². The molecule has 0 amide bonds. The molecule has 1 saturated carbocycles. The summed E-state index contributed by atoms with van der Waals surface area (Å²) in [5, 5.41) is 3.64. The lowest BCUT2D eigenvalue weighted by atomic mass is 9.76. The number of nitrogens with one attached hydrogen (secondary N) is 1. The smallest absolute Gasteiger partial charge is 0.119 e. The maximum atomic E-state index is 5.28. The Hall–Kier alpha value is -1.06. The monoisotopic (exact) mass is 262 g/mol. The Labute approximate surface area is 116 Å². The predicted molar refractivity (Wildman–Crippen MR) is 79.9 cm³/mol. The fourth-order valence-corrected chi connectivity index (χ4v) is 2.65. The molecule has 1 aliphatic rings. The molecule has 0 heterocycles. The number of ether oxygens (including phenoxy) is 1. The zero-order valence-corrected chi connectivity index (χ0v) is 12.4. The molecule has 0 saturated heterocycles. The van der Waals surface area contributed by atoms with E-state index in [9.17, 15) is 0 Å². The second-order valence-corrected chi connectivity index (χ2v) is 5.75. The molecule has 0 aliphatic heterocycles. The Bertz CT molecular complexity index is 386. The van der Waals surface area contributed by atoms with Gasteiger partial charge in [0.15, 0.2) is 0 Å². The van der Waals surface area contributed by atoms with Crippen molar-refractivity contribution in [1.29, 1.82) is 0 Å². The highest BCUT2D eigenvalue weighted by Crippen LogP contribution is 2.37. The molecule has 0 unspecified atom stereocenters. The van der Waals surface area contributed by atoms with Crippen molar-refractivity contribution in [3.05, 3.63) is 29.8 Å². The molecule has 0 spiro atoms. The van der Waals surface area contributed by atoms with E-state index in [2.05, 4.69) is 42.5 Å². The van der Waals surface area contributed by atoms with E-state index in [1.807, 2.05) is 6.07 Å². The van der Waals surface area contributed by atoms with Gasteiger partial charge in [-0.15, -0.1) is 0 Å². The summed E-state index contributed by atoms with van der Waals surface area (Å²) in [5.41, 5.74) is 1.42. The van der Waals surface area contributed by atoms with E-state index in [-0.39, 0.29) is 0 Å². The predicted octanol–water partition coefficient (Wildman–Crippen LogP) is 2.48. The van der Waals surface area contributed by atoms with Gasteiger partial charge in [0.05, 0.1) is 7.11 Å². The van der Waals surface area contributed by atoms with Gasteiger partial charge in [-0.05, 0) is 70.1 Å². The minimum Gasteiger partial charge on any atom is -0.497 e. The first-order valence-corrected chi connectivity index (χ1v) is 7.21. The minimum absolute atomic E-state index is 0.707. The van der Waals surface area contributed by atoms with Gasteiger partial charge in [0.1, 0.15) is 5.75 Å². The Morgan fingerprint density at radius 2 is 2.11 bits per heavy atom. The summed E-state index contributed by atoms with van der Waals surface area (Å²) < 4.78 is 5.28. The van der Waals surface area contributed by atoms with Crippen molar-refractivity contribution < 1.29 is 4.74 Å². The van der Waals surface area contributed by atoms with E-state index in [1.54, 1.807) is 7.11 Å². The fraction of sp³-hybridized carbons (Fsp3) is 0.625. The molecule has 1 aromatic rings. The zero-order valence-electron chi connectivity index (χ0n) is 12.4. The Morgan fingerprint density at radius 1 is 1.32 bits per heavy atom. The van der Waals surface area contributed by atoms with Crippen LogP contribution in [0, 0.1) is 0 Å². The summed E-state index contributed by atoms with van der Waals surface area (Å²) in [6.45, 7) is 2.30. The number of methoxy groups -OCH3 is 1. The highest BCUT2D eigenvalue weighted by molar-refractivity contribution is 5.32. The van der Waals surface area contributed by atoms with E-state index in [0.29, 0.717) is 12.0 Å². The van der Waals surface area contributed by atoms with Gasteiger partial charge in [0.2, 0.25) is 0 Å². The molecule has 1 aliphatic carbocycles. The molecule has 1 fully saturated rings. The quantitative estimate of drug-likeness (QED) is 0.764. The van der Waals surface area contributed by atoms with Crippen LogP contribution in [0.1, 0.15) is 30.7 Å². The minimum atomic E-state index is 0.707. The largest absolute Gasteiger partial charge is 0.497 e. The average Bonchev–Trinajstić information content (AvgIpc) is 2.36. The summed E-state index contributed by atoms with van der Waals surface area (Å²) in [7, 11) is 5.99. The van der Waals surface area contributed by atoms with Crippen LogP contribution in [0.15, 0.2) is 24.3 Å². The maximum Gasteiger partial charge on any atom is 0.119 e. The van der Waals surface area contributed by atoms with Gasteiger partial charge in [-0.2, -0.15) is 0 Å². The zero-order chi connectivity index (χ0) is 13.7. The Kier molecular flexibility index (Phi) is 5.23. The number of hydrogen-bond donors (Lipinski definition) is 1. The summed E-state index contributed by atoms with van der Waals surface area (Å²) in [6.07, 6.45) is 3.75. The van der Waals surface area contributed by atoms with Crippen LogP contribution in [-0.2, 0) is 0 Å². The summed E-state index contributed by atoms with van der Waals surface area (Å²) in [6, 6.07) is 9.20. The van der Waals surface area contributed by atoms with Gasteiger partial charge in [0, 0.05) is 6.04 Å². The summed E-state index contributed by atoms with van der Waals surface area (Å²) >= 11 is 0. The van der Waals surface area contributed by atoms with Gasteiger partial charge < -0.3 is 15.0 Å². The second-order valence-electron chi connectivity index (χ2n) is 5.75. The molecule has 1 aromatic carbocycles. The van der Waals surface area contributed by atoms with Crippen LogP contribution in [-0.4, -0.2) is 45.2 Å². The number of rotatable bonds is 7. The van der Waals surface area contributed by atoms with Gasteiger partial charge in [0.25, 0.3) is 0 Å². The van der Waals surface area contributed by atoms with Crippen LogP contribution >= 0.6 is 0 Å². The summed E-state index contributed by atoms with van der Waals surface area (Å²) in [4.78, 5) is 2.24. The molecular formula is C16H26N2O. The molecule has 3 heteroatoms. The topological polar surface area (TPSA) is 24.5 Å². The summed E-state index contributed by atoms with van der Waals surface area (Å²) in [5.74, 6) is 1.68. The highest BCUT2D eigenvalue weighted by Gasteiger charge is 2.29. The first-order chi connectivity index (χ1) is 9.19.